The molecule has 0 N–H and O–H groups in total. The van der Waals surface area contributed by atoms with Crippen molar-refractivity contribution in [1.82, 2.24) is 4.90 Å². The van der Waals surface area contributed by atoms with Gasteiger partial charge in [-0.25, -0.2) is 0 Å². The van der Waals surface area contributed by atoms with Gasteiger partial charge in [-0.1, -0.05) is 33.6 Å². The SMILES string of the molecule is CCCC1CCC(=O)C(CN(CC(C)C)C2CC2)C1. The predicted octanol–water partition coefficient (Wildman–Crippen LogP) is 3.89. The first-order valence-electron chi connectivity index (χ1n) is 8.36. The second kappa shape index (κ2) is 6.88. The van der Waals surface area contributed by atoms with Crippen molar-refractivity contribution in [3.63, 3.8) is 0 Å². The van der Waals surface area contributed by atoms with Gasteiger partial charge in [-0.05, 0) is 37.5 Å². The summed E-state index contributed by atoms with van der Waals surface area (Å²) in [6, 6.07) is 0.793. The molecule has 0 radical (unpaired) electrons. The summed E-state index contributed by atoms with van der Waals surface area (Å²) in [5, 5.41) is 0. The molecule has 0 aromatic rings. The lowest BCUT2D eigenvalue weighted by Gasteiger charge is -2.33. The highest BCUT2D eigenvalue weighted by Gasteiger charge is 2.35. The Bertz CT molecular complexity index is 296. The van der Waals surface area contributed by atoms with E-state index in [-0.39, 0.29) is 0 Å². The fraction of sp³-hybridized carbons (Fsp3) is 0.941. The fourth-order valence-corrected chi connectivity index (χ4v) is 3.61. The van der Waals surface area contributed by atoms with Crippen LogP contribution in [0.4, 0.5) is 0 Å². The molecule has 0 heterocycles. The monoisotopic (exact) mass is 265 g/mol. The molecule has 110 valence electrons. The van der Waals surface area contributed by atoms with Gasteiger partial charge in [0.25, 0.3) is 0 Å². The lowest BCUT2D eigenvalue weighted by atomic mass is 9.78. The lowest BCUT2D eigenvalue weighted by Crippen LogP contribution is -2.39. The highest BCUT2D eigenvalue weighted by atomic mass is 16.1. The quantitative estimate of drug-likeness (QED) is 0.696. The van der Waals surface area contributed by atoms with E-state index in [1.54, 1.807) is 0 Å². The van der Waals surface area contributed by atoms with Crippen molar-refractivity contribution >= 4 is 5.78 Å². The minimum absolute atomic E-state index is 0.338. The molecule has 19 heavy (non-hydrogen) atoms. The first kappa shape index (κ1) is 15.0. The Kier molecular flexibility index (Phi) is 5.44. The summed E-state index contributed by atoms with van der Waals surface area (Å²) in [4.78, 5) is 14.8. The van der Waals surface area contributed by atoms with E-state index in [0.717, 1.165) is 37.8 Å². The Morgan fingerprint density at radius 2 is 2.00 bits per heavy atom. The third kappa shape index (κ3) is 4.59. The van der Waals surface area contributed by atoms with Gasteiger partial charge >= 0.3 is 0 Å². The van der Waals surface area contributed by atoms with Gasteiger partial charge in [0.05, 0.1) is 0 Å². The first-order chi connectivity index (χ1) is 9.10. The standard InChI is InChI=1S/C17H31NO/c1-4-5-14-6-9-17(19)15(10-14)12-18(11-13(2)3)16-7-8-16/h13-16H,4-12H2,1-3H3. The summed E-state index contributed by atoms with van der Waals surface area (Å²) >= 11 is 0. The minimum atomic E-state index is 0.338. The molecule has 2 rings (SSSR count). The van der Waals surface area contributed by atoms with E-state index in [9.17, 15) is 4.79 Å². The second-order valence-electron chi connectivity index (χ2n) is 7.17. The molecule has 2 nitrogen and oxygen atoms in total. The van der Waals surface area contributed by atoms with Crippen LogP contribution in [0.1, 0.15) is 65.7 Å². The zero-order valence-electron chi connectivity index (χ0n) is 13.0. The average molecular weight is 265 g/mol. The van der Waals surface area contributed by atoms with Crippen molar-refractivity contribution in [3.8, 4) is 0 Å². The Morgan fingerprint density at radius 1 is 1.26 bits per heavy atom. The van der Waals surface area contributed by atoms with Gasteiger partial charge in [0.1, 0.15) is 5.78 Å². The third-order valence-electron chi connectivity index (χ3n) is 4.69. The van der Waals surface area contributed by atoms with Crippen molar-refractivity contribution in [3.05, 3.63) is 0 Å². The van der Waals surface area contributed by atoms with Gasteiger partial charge in [-0.2, -0.15) is 0 Å². The summed E-state index contributed by atoms with van der Waals surface area (Å²) in [6.45, 7) is 9.06. The first-order valence-corrected chi connectivity index (χ1v) is 8.36. The molecule has 2 aliphatic rings. The van der Waals surface area contributed by atoms with Gasteiger partial charge in [-0.15, -0.1) is 0 Å². The zero-order valence-corrected chi connectivity index (χ0v) is 13.0. The molecule has 2 heteroatoms. The molecule has 0 saturated heterocycles. The highest BCUT2D eigenvalue weighted by Crippen LogP contribution is 2.33. The number of hydrogen-bond acceptors (Lipinski definition) is 2. The minimum Gasteiger partial charge on any atom is -0.299 e. The van der Waals surface area contributed by atoms with E-state index >= 15 is 0 Å². The molecule has 0 spiro atoms. The van der Waals surface area contributed by atoms with E-state index in [2.05, 4.69) is 25.7 Å². The zero-order chi connectivity index (χ0) is 13.8. The number of rotatable bonds is 7. The van der Waals surface area contributed by atoms with Crippen LogP contribution in [0.2, 0.25) is 0 Å². The molecule has 0 aromatic carbocycles. The molecular weight excluding hydrogens is 234 g/mol. The van der Waals surface area contributed by atoms with Gasteiger partial charge in [0.2, 0.25) is 0 Å². The molecule has 0 amide bonds. The average Bonchev–Trinajstić information content (AvgIpc) is 3.16. The van der Waals surface area contributed by atoms with E-state index in [0.29, 0.717) is 17.6 Å². The maximum atomic E-state index is 12.2. The normalized spacial score (nSPS) is 28.4. The lowest BCUT2D eigenvalue weighted by molar-refractivity contribution is -0.126. The molecule has 2 fully saturated rings. The maximum absolute atomic E-state index is 12.2. The van der Waals surface area contributed by atoms with E-state index < -0.39 is 0 Å². The van der Waals surface area contributed by atoms with Crippen LogP contribution in [0.3, 0.4) is 0 Å². The van der Waals surface area contributed by atoms with Gasteiger partial charge < -0.3 is 0 Å². The van der Waals surface area contributed by atoms with Crippen LogP contribution in [0.15, 0.2) is 0 Å². The van der Waals surface area contributed by atoms with Crippen LogP contribution in [0.25, 0.3) is 0 Å². The number of nitrogens with zero attached hydrogens (tertiary/aromatic N) is 1. The van der Waals surface area contributed by atoms with E-state index in [1.807, 2.05) is 0 Å². The molecule has 2 unspecified atom stereocenters. The molecule has 2 saturated carbocycles. The van der Waals surface area contributed by atoms with Crippen LogP contribution in [-0.4, -0.2) is 29.8 Å². The van der Waals surface area contributed by atoms with Crippen molar-refractivity contribution < 1.29 is 4.79 Å². The fourth-order valence-electron chi connectivity index (χ4n) is 3.61. The molecule has 2 atom stereocenters. The molecular formula is C17H31NO. The van der Waals surface area contributed by atoms with E-state index in [1.165, 1.54) is 32.2 Å². The Morgan fingerprint density at radius 3 is 2.58 bits per heavy atom. The van der Waals surface area contributed by atoms with E-state index in [4.69, 9.17) is 0 Å². The summed E-state index contributed by atoms with van der Waals surface area (Å²) in [6.07, 6.45) is 8.44. The smallest absolute Gasteiger partial charge is 0.137 e. The third-order valence-corrected chi connectivity index (χ3v) is 4.69. The number of carbonyl (C=O) groups is 1. The summed E-state index contributed by atoms with van der Waals surface area (Å²) in [5.74, 6) is 2.41. The number of ketones is 1. The summed E-state index contributed by atoms with van der Waals surface area (Å²) < 4.78 is 0. The number of hydrogen-bond donors (Lipinski definition) is 0. The maximum Gasteiger partial charge on any atom is 0.137 e. The second-order valence-corrected chi connectivity index (χ2v) is 7.17. The molecule has 0 aliphatic heterocycles. The number of Topliss-reactive ketones (excluding diaryl/α,β-unsaturated/α-hetero) is 1. The van der Waals surface area contributed by atoms with Crippen molar-refractivity contribution in [1.29, 1.82) is 0 Å². The predicted molar refractivity (Wildman–Crippen MR) is 80.2 cm³/mol. The van der Waals surface area contributed by atoms with Crippen LogP contribution in [0.5, 0.6) is 0 Å². The van der Waals surface area contributed by atoms with Gasteiger partial charge in [-0.3, -0.25) is 9.69 Å². The van der Waals surface area contributed by atoms with Gasteiger partial charge in [0, 0.05) is 31.5 Å². The Labute approximate surface area is 118 Å². The highest BCUT2D eigenvalue weighted by molar-refractivity contribution is 5.82. The van der Waals surface area contributed by atoms with Crippen molar-refractivity contribution in [2.45, 2.75) is 71.8 Å². The van der Waals surface area contributed by atoms with Crippen LogP contribution in [-0.2, 0) is 4.79 Å². The van der Waals surface area contributed by atoms with Crippen LogP contribution >= 0.6 is 0 Å². The molecule has 2 aliphatic carbocycles. The number of carbonyl (C=O) groups excluding carboxylic acids is 1. The van der Waals surface area contributed by atoms with Crippen LogP contribution < -0.4 is 0 Å². The Hall–Kier alpha value is -0.370. The largest absolute Gasteiger partial charge is 0.299 e. The molecule has 0 bridgehead atoms. The van der Waals surface area contributed by atoms with Gasteiger partial charge in [0.15, 0.2) is 0 Å². The summed E-state index contributed by atoms with van der Waals surface area (Å²) in [7, 11) is 0. The topological polar surface area (TPSA) is 20.3 Å². The Balaban J connectivity index is 1.88. The summed E-state index contributed by atoms with van der Waals surface area (Å²) in [5.41, 5.74) is 0. The van der Waals surface area contributed by atoms with Crippen LogP contribution in [0, 0.1) is 17.8 Å². The molecule has 0 aromatic heterocycles. The van der Waals surface area contributed by atoms with Crippen molar-refractivity contribution in [2.24, 2.45) is 17.8 Å². The van der Waals surface area contributed by atoms with Crippen molar-refractivity contribution in [2.75, 3.05) is 13.1 Å².